The molecule has 3 rings (SSSR count). The van der Waals surface area contributed by atoms with E-state index >= 15 is 0 Å². The summed E-state index contributed by atoms with van der Waals surface area (Å²) in [4.78, 5) is 26.1. The Labute approximate surface area is 145 Å². The van der Waals surface area contributed by atoms with Crippen LogP contribution >= 0.6 is 0 Å². The summed E-state index contributed by atoms with van der Waals surface area (Å²) in [6.45, 7) is 3.86. The lowest BCUT2D eigenvalue weighted by atomic mass is 10.1. The van der Waals surface area contributed by atoms with Gasteiger partial charge in [0.2, 0.25) is 0 Å². The highest BCUT2D eigenvalue weighted by Gasteiger charge is 2.24. The van der Waals surface area contributed by atoms with E-state index in [1.807, 2.05) is 0 Å². The van der Waals surface area contributed by atoms with Gasteiger partial charge in [-0.25, -0.2) is 9.07 Å². The van der Waals surface area contributed by atoms with Crippen LogP contribution in [0.25, 0.3) is 0 Å². The van der Waals surface area contributed by atoms with E-state index < -0.39 is 5.82 Å². The zero-order valence-corrected chi connectivity index (χ0v) is 14.3. The first-order valence-electron chi connectivity index (χ1n) is 8.26. The molecular weight excluding hydrogens is 323 g/mol. The molecule has 1 N–H and O–H groups in total. The van der Waals surface area contributed by atoms with E-state index in [0.717, 1.165) is 30.8 Å². The van der Waals surface area contributed by atoms with Gasteiger partial charge in [0.25, 0.3) is 11.5 Å². The van der Waals surface area contributed by atoms with Gasteiger partial charge in [-0.3, -0.25) is 9.59 Å². The predicted molar refractivity (Wildman–Crippen MR) is 93.3 cm³/mol. The van der Waals surface area contributed by atoms with Crippen molar-refractivity contribution in [3.8, 4) is 0 Å². The third kappa shape index (κ3) is 3.87. The maximum absolute atomic E-state index is 13.3. The Bertz CT molecular complexity index is 849. The molecule has 7 heteroatoms. The molecule has 6 nitrogen and oxygen atoms in total. The number of halogens is 1. The van der Waals surface area contributed by atoms with Gasteiger partial charge >= 0.3 is 0 Å². The summed E-state index contributed by atoms with van der Waals surface area (Å²) in [5.41, 5.74) is 1.78. The number of benzene rings is 1. The van der Waals surface area contributed by atoms with Crippen LogP contribution in [0.3, 0.4) is 0 Å². The number of nitrogens with one attached hydrogen (secondary N) is 1. The molecular formula is C18H21FN4O2. The van der Waals surface area contributed by atoms with Crippen LogP contribution in [0.15, 0.2) is 35.3 Å². The lowest BCUT2D eigenvalue weighted by Gasteiger charge is -2.18. The maximum Gasteiger partial charge on any atom is 0.268 e. The minimum atomic E-state index is -0.416. The van der Waals surface area contributed by atoms with E-state index in [0.29, 0.717) is 12.1 Å². The maximum atomic E-state index is 13.3. The average Bonchev–Trinajstić information content (AvgIpc) is 3.06. The molecule has 132 valence electrons. The summed E-state index contributed by atoms with van der Waals surface area (Å²) in [6, 6.07) is 5.78. The van der Waals surface area contributed by atoms with Crippen molar-refractivity contribution in [2.75, 3.05) is 24.5 Å². The van der Waals surface area contributed by atoms with Gasteiger partial charge in [-0.05, 0) is 37.0 Å². The quantitative estimate of drug-likeness (QED) is 0.912. The van der Waals surface area contributed by atoms with Gasteiger partial charge in [0.05, 0.1) is 11.9 Å². The van der Waals surface area contributed by atoms with Gasteiger partial charge in [0.1, 0.15) is 5.82 Å². The molecule has 0 saturated carbocycles. The molecule has 1 aromatic heterocycles. The molecule has 2 heterocycles. The molecule has 1 fully saturated rings. The highest BCUT2D eigenvalue weighted by atomic mass is 19.1. The van der Waals surface area contributed by atoms with Crippen molar-refractivity contribution in [2.45, 2.75) is 13.3 Å². The SMILES string of the molecule is Cc1ccc(F)cc1C(=O)NCC1CCN(c2cnn(C)c(=O)c2)C1. The standard InChI is InChI=1S/C18H21FN4O2/c1-12-3-4-14(19)7-16(12)18(25)20-9-13-5-6-23(11-13)15-8-17(24)22(2)21-10-15/h3-4,7-8,10,13H,5-6,9,11H2,1-2H3,(H,20,25). The summed E-state index contributed by atoms with van der Waals surface area (Å²) in [7, 11) is 1.61. The minimum Gasteiger partial charge on any atom is -0.370 e. The normalized spacial score (nSPS) is 16.9. The fourth-order valence-electron chi connectivity index (χ4n) is 3.04. The number of carbonyl (C=O) groups excluding carboxylic acids is 1. The van der Waals surface area contributed by atoms with Gasteiger partial charge in [-0.1, -0.05) is 6.07 Å². The number of aromatic nitrogens is 2. The first-order chi connectivity index (χ1) is 11.9. The van der Waals surface area contributed by atoms with Crippen molar-refractivity contribution in [1.82, 2.24) is 15.1 Å². The fraction of sp³-hybridized carbons (Fsp3) is 0.389. The first-order valence-corrected chi connectivity index (χ1v) is 8.26. The number of carbonyl (C=O) groups is 1. The van der Waals surface area contributed by atoms with Crippen molar-refractivity contribution >= 4 is 11.6 Å². The van der Waals surface area contributed by atoms with E-state index in [2.05, 4.69) is 15.3 Å². The van der Waals surface area contributed by atoms with Crippen LogP contribution in [-0.4, -0.2) is 35.3 Å². The summed E-state index contributed by atoms with van der Waals surface area (Å²) in [5.74, 6) is -0.395. The Morgan fingerprint density at radius 2 is 2.20 bits per heavy atom. The van der Waals surface area contributed by atoms with E-state index in [-0.39, 0.29) is 17.4 Å². The molecule has 2 aromatic rings. The largest absolute Gasteiger partial charge is 0.370 e. The number of amides is 1. The summed E-state index contributed by atoms with van der Waals surface area (Å²) < 4.78 is 14.6. The van der Waals surface area contributed by atoms with Crippen LogP contribution in [0.5, 0.6) is 0 Å². The van der Waals surface area contributed by atoms with Crippen molar-refractivity contribution in [2.24, 2.45) is 13.0 Å². The Hall–Kier alpha value is -2.70. The number of hydrogen-bond acceptors (Lipinski definition) is 4. The van der Waals surface area contributed by atoms with E-state index in [4.69, 9.17) is 0 Å². The molecule has 0 spiro atoms. The van der Waals surface area contributed by atoms with Crippen LogP contribution in [0.1, 0.15) is 22.3 Å². The summed E-state index contributed by atoms with van der Waals surface area (Å²) in [6.07, 6.45) is 2.59. The van der Waals surface area contributed by atoms with Crippen molar-refractivity contribution in [3.63, 3.8) is 0 Å². The van der Waals surface area contributed by atoms with Gasteiger partial charge in [0.15, 0.2) is 0 Å². The van der Waals surface area contributed by atoms with Gasteiger partial charge < -0.3 is 10.2 Å². The van der Waals surface area contributed by atoms with E-state index in [1.54, 1.807) is 32.3 Å². The zero-order valence-electron chi connectivity index (χ0n) is 14.3. The highest BCUT2D eigenvalue weighted by molar-refractivity contribution is 5.95. The van der Waals surface area contributed by atoms with Crippen LogP contribution in [-0.2, 0) is 7.05 Å². The van der Waals surface area contributed by atoms with Gasteiger partial charge in [-0.2, -0.15) is 5.10 Å². The monoisotopic (exact) mass is 344 g/mol. The Morgan fingerprint density at radius 3 is 2.96 bits per heavy atom. The molecule has 1 aliphatic rings. The Balaban J connectivity index is 1.58. The third-order valence-electron chi connectivity index (χ3n) is 4.60. The van der Waals surface area contributed by atoms with Crippen LogP contribution in [0, 0.1) is 18.7 Å². The fourth-order valence-corrected chi connectivity index (χ4v) is 3.04. The lowest BCUT2D eigenvalue weighted by molar-refractivity contribution is 0.0947. The van der Waals surface area contributed by atoms with E-state index in [9.17, 15) is 14.0 Å². The number of nitrogens with zero attached hydrogens (tertiary/aromatic N) is 3. The number of anilines is 1. The van der Waals surface area contributed by atoms with Crippen LogP contribution < -0.4 is 15.8 Å². The molecule has 0 radical (unpaired) electrons. The highest BCUT2D eigenvalue weighted by Crippen LogP contribution is 2.21. The van der Waals surface area contributed by atoms with Gasteiger partial charge in [-0.15, -0.1) is 0 Å². The smallest absolute Gasteiger partial charge is 0.268 e. The first kappa shape index (κ1) is 17.1. The van der Waals surface area contributed by atoms with E-state index in [1.165, 1.54) is 16.8 Å². The molecule has 1 saturated heterocycles. The second-order valence-electron chi connectivity index (χ2n) is 6.45. The molecule has 0 bridgehead atoms. The van der Waals surface area contributed by atoms with Crippen LogP contribution in [0.2, 0.25) is 0 Å². The average molecular weight is 344 g/mol. The zero-order chi connectivity index (χ0) is 18.0. The molecule has 25 heavy (non-hydrogen) atoms. The van der Waals surface area contributed by atoms with Crippen molar-refractivity contribution in [1.29, 1.82) is 0 Å². The number of rotatable bonds is 4. The molecule has 1 amide bonds. The Morgan fingerprint density at radius 1 is 1.40 bits per heavy atom. The minimum absolute atomic E-state index is 0.143. The Kier molecular flexibility index (Phi) is 4.83. The molecule has 1 aliphatic heterocycles. The van der Waals surface area contributed by atoms with Gasteiger partial charge in [0, 0.05) is 38.3 Å². The topological polar surface area (TPSA) is 67.2 Å². The second-order valence-corrected chi connectivity index (χ2v) is 6.45. The van der Waals surface area contributed by atoms with Crippen molar-refractivity contribution < 1.29 is 9.18 Å². The second kappa shape index (κ2) is 7.04. The van der Waals surface area contributed by atoms with Crippen LogP contribution in [0.4, 0.5) is 10.1 Å². The predicted octanol–water partition coefficient (Wildman–Crippen LogP) is 1.48. The summed E-state index contributed by atoms with van der Waals surface area (Å²) >= 11 is 0. The molecule has 1 unspecified atom stereocenters. The molecule has 0 aliphatic carbocycles. The number of aryl methyl sites for hydroxylation is 2. The molecule has 1 aromatic carbocycles. The summed E-state index contributed by atoms with van der Waals surface area (Å²) in [5, 5.41) is 6.93. The lowest BCUT2D eigenvalue weighted by Crippen LogP contribution is -2.31. The molecule has 1 atom stereocenters. The number of hydrogen-bond donors (Lipinski definition) is 1. The van der Waals surface area contributed by atoms with Crippen molar-refractivity contribution in [3.05, 3.63) is 57.8 Å². The third-order valence-corrected chi connectivity index (χ3v) is 4.60.